The minimum atomic E-state index is -0.193. The van der Waals surface area contributed by atoms with Gasteiger partial charge in [0.05, 0.1) is 6.61 Å². The van der Waals surface area contributed by atoms with Crippen molar-refractivity contribution < 1.29 is 10.2 Å². The van der Waals surface area contributed by atoms with Crippen LogP contribution in [-0.4, -0.2) is 23.4 Å². The predicted molar refractivity (Wildman–Crippen MR) is 62.1 cm³/mol. The lowest BCUT2D eigenvalue weighted by Crippen LogP contribution is -2.21. The molecule has 0 aromatic heterocycles. The Labute approximate surface area is 91.6 Å². The standard InChI is InChI=1S/C13H20O2/c1-10(8-14)11-4-6-12(7-5-11)13(2,3)9-15/h4-7,10,14-15H,8-9H2,1-3H3. The van der Waals surface area contributed by atoms with Crippen molar-refractivity contribution in [2.75, 3.05) is 13.2 Å². The minimum absolute atomic E-state index is 0.141. The van der Waals surface area contributed by atoms with Gasteiger partial charge in [0, 0.05) is 17.9 Å². The van der Waals surface area contributed by atoms with E-state index in [0.29, 0.717) is 0 Å². The van der Waals surface area contributed by atoms with E-state index >= 15 is 0 Å². The number of hydrogen-bond acceptors (Lipinski definition) is 2. The summed E-state index contributed by atoms with van der Waals surface area (Å²) in [4.78, 5) is 0. The highest BCUT2D eigenvalue weighted by molar-refractivity contribution is 5.29. The lowest BCUT2D eigenvalue weighted by atomic mass is 9.84. The van der Waals surface area contributed by atoms with Crippen LogP contribution in [0.5, 0.6) is 0 Å². The van der Waals surface area contributed by atoms with Gasteiger partial charge in [-0.05, 0) is 11.1 Å². The summed E-state index contributed by atoms with van der Waals surface area (Å²) in [5.74, 6) is 0.177. The summed E-state index contributed by atoms with van der Waals surface area (Å²) in [6.07, 6.45) is 0. The topological polar surface area (TPSA) is 40.5 Å². The molecule has 0 fully saturated rings. The molecule has 15 heavy (non-hydrogen) atoms. The molecular formula is C13H20O2. The quantitative estimate of drug-likeness (QED) is 0.795. The molecule has 2 N–H and O–H groups in total. The fourth-order valence-corrected chi connectivity index (χ4v) is 1.46. The van der Waals surface area contributed by atoms with E-state index in [2.05, 4.69) is 0 Å². The van der Waals surface area contributed by atoms with Crippen molar-refractivity contribution in [2.24, 2.45) is 0 Å². The van der Waals surface area contributed by atoms with E-state index in [-0.39, 0.29) is 24.5 Å². The molecule has 84 valence electrons. The number of aliphatic hydroxyl groups is 2. The van der Waals surface area contributed by atoms with Crippen molar-refractivity contribution in [1.29, 1.82) is 0 Å². The monoisotopic (exact) mass is 208 g/mol. The number of rotatable bonds is 4. The molecule has 1 unspecified atom stereocenters. The molecule has 0 radical (unpaired) electrons. The zero-order chi connectivity index (χ0) is 11.5. The highest BCUT2D eigenvalue weighted by atomic mass is 16.3. The Morgan fingerprint density at radius 3 is 2.07 bits per heavy atom. The van der Waals surface area contributed by atoms with Crippen LogP contribution in [0.1, 0.15) is 37.8 Å². The molecule has 0 saturated carbocycles. The first-order valence-electron chi connectivity index (χ1n) is 5.33. The van der Waals surface area contributed by atoms with Crippen LogP contribution >= 0.6 is 0 Å². The van der Waals surface area contributed by atoms with Crippen molar-refractivity contribution in [3.05, 3.63) is 35.4 Å². The van der Waals surface area contributed by atoms with Gasteiger partial charge in [-0.25, -0.2) is 0 Å². The Balaban J connectivity index is 2.90. The van der Waals surface area contributed by atoms with Crippen molar-refractivity contribution in [3.8, 4) is 0 Å². The van der Waals surface area contributed by atoms with Crippen molar-refractivity contribution in [3.63, 3.8) is 0 Å². The summed E-state index contributed by atoms with van der Waals surface area (Å²) in [7, 11) is 0. The van der Waals surface area contributed by atoms with Gasteiger partial charge in [-0.1, -0.05) is 45.0 Å². The second-order valence-electron chi connectivity index (χ2n) is 4.75. The van der Waals surface area contributed by atoms with Gasteiger partial charge in [-0.2, -0.15) is 0 Å². The second kappa shape index (κ2) is 4.77. The Morgan fingerprint density at radius 1 is 1.13 bits per heavy atom. The number of aliphatic hydroxyl groups excluding tert-OH is 2. The Hall–Kier alpha value is -0.860. The fourth-order valence-electron chi connectivity index (χ4n) is 1.46. The summed E-state index contributed by atoms with van der Waals surface area (Å²) in [5.41, 5.74) is 2.06. The molecule has 0 aliphatic rings. The molecular weight excluding hydrogens is 188 g/mol. The smallest absolute Gasteiger partial charge is 0.0522 e. The normalized spacial score (nSPS) is 13.9. The van der Waals surface area contributed by atoms with Crippen LogP contribution in [-0.2, 0) is 5.41 Å². The molecule has 1 aromatic rings. The van der Waals surface area contributed by atoms with Gasteiger partial charge >= 0.3 is 0 Å². The third kappa shape index (κ3) is 2.80. The molecule has 1 rings (SSSR count). The van der Waals surface area contributed by atoms with Gasteiger partial charge in [0.1, 0.15) is 0 Å². The van der Waals surface area contributed by atoms with E-state index in [1.807, 2.05) is 45.0 Å². The molecule has 0 aliphatic carbocycles. The van der Waals surface area contributed by atoms with Crippen LogP contribution in [0.15, 0.2) is 24.3 Å². The highest BCUT2D eigenvalue weighted by Crippen LogP contribution is 2.24. The molecule has 1 aromatic carbocycles. The Bertz CT molecular complexity index is 301. The second-order valence-corrected chi connectivity index (χ2v) is 4.75. The Kier molecular flexibility index (Phi) is 3.89. The van der Waals surface area contributed by atoms with E-state index in [4.69, 9.17) is 5.11 Å². The average Bonchev–Trinajstić information content (AvgIpc) is 2.28. The van der Waals surface area contributed by atoms with E-state index in [0.717, 1.165) is 11.1 Å². The number of benzene rings is 1. The summed E-state index contributed by atoms with van der Waals surface area (Å²) in [5, 5.41) is 18.3. The maximum atomic E-state index is 9.23. The Morgan fingerprint density at radius 2 is 1.67 bits per heavy atom. The van der Waals surface area contributed by atoms with Crippen LogP contribution in [0, 0.1) is 0 Å². The third-order valence-corrected chi connectivity index (χ3v) is 2.93. The van der Waals surface area contributed by atoms with Gasteiger partial charge in [-0.3, -0.25) is 0 Å². The average molecular weight is 208 g/mol. The summed E-state index contributed by atoms with van der Waals surface area (Å²) in [6, 6.07) is 8.09. The first-order chi connectivity index (χ1) is 7.01. The molecule has 0 saturated heterocycles. The molecule has 0 heterocycles. The highest BCUT2D eigenvalue weighted by Gasteiger charge is 2.19. The van der Waals surface area contributed by atoms with E-state index < -0.39 is 0 Å². The van der Waals surface area contributed by atoms with Gasteiger partial charge in [0.15, 0.2) is 0 Å². The molecule has 0 aliphatic heterocycles. The SMILES string of the molecule is CC(CO)c1ccc(C(C)(C)CO)cc1. The first kappa shape index (κ1) is 12.2. The van der Waals surface area contributed by atoms with Crippen LogP contribution < -0.4 is 0 Å². The molecule has 2 heteroatoms. The fraction of sp³-hybridized carbons (Fsp3) is 0.538. The molecule has 2 nitrogen and oxygen atoms in total. The summed E-state index contributed by atoms with van der Waals surface area (Å²) >= 11 is 0. The molecule has 0 spiro atoms. The van der Waals surface area contributed by atoms with Crippen molar-refractivity contribution >= 4 is 0 Å². The van der Waals surface area contributed by atoms with Gasteiger partial charge in [0.25, 0.3) is 0 Å². The van der Waals surface area contributed by atoms with Crippen LogP contribution in [0.3, 0.4) is 0 Å². The molecule has 1 atom stereocenters. The molecule has 0 amide bonds. The zero-order valence-corrected chi connectivity index (χ0v) is 9.70. The van der Waals surface area contributed by atoms with Gasteiger partial charge in [-0.15, -0.1) is 0 Å². The first-order valence-corrected chi connectivity index (χ1v) is 5.33. The van der Waals surface area contributed by atoms with Crippen LogP contribution in [0.2, 0.25) is 0 Å². The summed E-state index contributed by atoms with van der Waals surface area (Å²) in [6.45, 7) is 6.33. The molecule has 0 bridgehead atoms. The number of hydrogen-bond donors (Lipinski definition) is 2. The largest absolute Gasteiger partial charge is 0.396 e. The minimum Gasteiger partial charge on any atom is -0.396 e. The zero-order valence-electron chi connectivity index (χ0n) is 9.70. The van der Waals surface area contributed by atoms with E-state index in [1.54, 1.807) is 0 Å². The lowest BCUT2D eigenvalue weighted by Gasteiger charge is -2.22. The lowest BCUT2D eigenvalue weighted by molar-refractivity contribution is 0.218. The summed E-state index contributed by atoms with van der Waals surface area (Å²) < 4.78 is 0. The third-order valence-electron chi connectivity index (χ3n) is 2.93. The van der Waals surface area contributed by atoms with Crippen LogP contribution in [0.4, 0.5) is 0 Å². The van der Waals surface area contributed by atoms with Gasteiger partial charge in [0.2, 0.25) is 0 Å². The van der Waals surface area contributed by atoms with Crippen molar-refractivity contribution in [1.82, 2.24) is 0 Å². The maximum Gasteiger partial charge on any atom is 0.0522 e. The van der Waals surface area contributed by atoms with Crippen molar-refractivity contribution in [2.45, 2.75) is 32.1 Å². The maximum absolute atomic E-state index is 9.23. The van der Waals surface area contributed by atoms with E-state index in [1.165, 1.54) is 0 Å². The van der Waals surface area contributed by atoms with Crippen LogP contribution in [0.25, 0.3) is 0 Å². The predicted octanol–water partition coefficient (Wildman–Crippen LogP) is 2.05. The van der Waals surface area contributed by atoms with Gasteiger partial charge < -0.3 is 10.2 Å². The van der Waals surface area contributed by atoms with E-state index in [9.17, 15) is 5.11 Å².